The van der Waals surface area contributed by atoms with E-state index in [1.807, 2.05) is 30.3 Å². The molecule has 2 amide bonds. The van der Waals surface area contributed by atoms with Crippen LogP contribution in [-0.2, 0) is 13.2 Å². The van der Waals surface area contributed by atoms with Gasteiger partial charge in [-0.25, -0.2) is 4.68 Å². The zero-order valence-electron chi connectivity index (χ0n) is 17.9. The van der Waals surface area contributed by atoms with E-state index in [0.29, 0.717) is 35.2 Å². The summed E-state index contributed by atoms with van der Waals surface area (Å²) in [4.78, 5) is 37.8. The number of rotatable bonds is 6. The number of nitrogens with one attached hydrogen (secondary N) is 2. The Hall–Kier alpha value is -4.46. The molecule has 0 atom stereocenters. The Bertz CT molecular complexity index is 1370. The lowest BCUT2D eigenvalue weighted by Gasteiger charge is -2.11. The van der Waals surface area contributed by atoms with E-state index in [4.69, 9.17) is 4.74 Å². The molecule has 1 aromatic heterocycles. The molecule has 4 rings (SSSR count). The molecule has 1 heterocycles. The first kappa shape index (κ1) is 21.8. The number of hydrogen-bond donors (Lipinski definition) is 2. The molecule has 3 aromatic carbocycles. The molecule has 8 nitrogen and oxygen atoms in total. The summed E-state index contributed by atoms with van der Waals surface area (Å²) in [6.07, 6.45) is 0. The summed E-state index contributed by atoms with van der Waals surface area (Å²) in [7, 11) is 0. The molecular formula is C25H22N4O4. The lowest BCUT2D eigenvalue weighted by molar-refractivity contribution is 0.0843. The Morgan fingerprint density at radius 3 is 2.33 bits per heavy atom. The molecule has 0 bridgehead atoms. The normalized spacial score (nSPS) is 10.6. The van der Waals surface area contributed by atoms with Crippen LogP contribution in [0.15, 0.2) is 83.7 Å². The molecule has 166 valence electrons. The third-order valence-corrected chi connectivity index (χ3v) is 5.02. The van der Waals surface area contributed by atoms with E-state index in [1.165, 1.54) is 4.68 Å². The second-order valence-electron chi connectivity index (χ2n) is 7.23. The standard InChI is InChI=1S/C25H22N4O4/c1-2-29-25(32)21-14-7-6-13-20(21)22(28-29)24(31)27-26-23(30)18-11-8-12-19(15-18)33-16-17-9-4-3-5-10-17/h3-15H,2,16H2,1H3,(H,26,30)(H,27,31). The molecule has 0 saturated heterocycles. The summed E-state index contributed by atoms with van der Waals surface area (Å²) in [6.45, 7) is 2.44. The highest BCUT2D eigenvalue weighted by molar-refractivity contribution is 6.06. The van der Waals surface area contributed by atoms with E-state index in [2.05, 4.69) is 16.0 Å². The molecule has 0 unspecified atom stereocenters. The van der Waals surface area contributed by atoms with E-state index >= 15 is 0 Å². The molecule has 4 aromatic rings. The molecular weight excluding hydrogens is 420 g/mol. The molecule has 0 aliphatic carbocycles. The summed E-state index contributed by atoms with van der Waals surface area (Å²) < 4.78 is 6.97. The van der Waals surface area contributed by atoms with Gasteiger partial charge in [0.1, 0.15) is 12.4 Å². The number of nitrogens with zero attached hydrogens (tertiary/aromatic N) is 2. The second-order valence-corrected chi connectivity index (χ2v) is 7.23. The number of amides is 2. The predicted molar refractivity (Wildman–Crippen MR) is 124 cm³/mol. The zero-order valence-corrected chi connectivity index (χ0v) is 17.9. The van der Waals surface area contributed by atoms with Crippen LogP contribution in [0.1, 0.15) is 33.3 Å². The van der Waals surface area contributed by atoms with E-state index in [1.54, 1.807) is 55.5 Å². The van der Waals surface area contributed by atoms with Crippen LogP contribution in [0.4, 0.5) is 0 Å². The second kappa shape index (κ2) is 9.78. The number of fused-ring (bicyclic) bond motifs is 1. The quantitative estimate of drug-likeness (QED) is 0.447. The number of carbonyl (C=O) groups is 2. The first-order chi connectivity index (χ1) is 16.1. The Labute approximate surface area is 189 Å². The van der Waals surface area contributed by atoms with E-state index in [-0.39, 0.29) is 11.3 Å². The maximum Gasteiger partial charge on any atom is 0.290 e. The van der Waals surface area contributed by atoms with Crippen LogP contribution >= 0.6 is 0 Å². The zero-order chi connectivity index (χ0) is 23.2. The average Bonchev–Trinajstić information content (AvgIpc) is 2.87. The van der Waals surface area contributed by atoms with Gasteiger partial charge < -0.3 is 4.74 Å². The number of hydrazine groups is 1. The number of aryl methyl sites for hydroxylation is 1. The van der Waals surface area contributed by atoms with Gasteiger partial charge in [-0.05, 0) is 36.8 Å². The molecule has 0 aliphatic heterocycles. The molecule has 0 fully saturated rings. The summed E-state index contributed by atoms with van der Waals surface area (Å²) in [6, 6.07) is 23.1. The first-order valence-electron chi connectivity index (χ1n) is 10.4. The van der Waals surface area contributed by atoms with E-state index in [9.17, 15) is 14.4 Å². The van der Waals surface area contributed by atoms with E-state index in [0.717, 1.165) is 5.56 Å². The van der Waals surface area contributed by atoms with Gasteiger partial charge in [-0.3, -0.25) is 25.2 Å². The number of ether oxygens (including phenoxy) is 1. The van der Waals surface area contributed by atoms with Gasteiger partial charge in [-0.15, -0.1) is 0 Å². The van der Waals surface area contributed by atoms with Crippen LogP contribution < -0.4 is 21.1 Å². The summed E-state index contributed by atoms with van der Waals surface area (Å²) in [5.74, 6) is -0.611. The number of benzene rings is 3. The van der Waals surface area contributed by atoms with Crippen molar-refractivity contribution in [3.05, 3.63) is 106 Å². The fourth-order valence-corrected chi connectivity index (χ4v) is 3.33. The van der Waals surface area contributed by atoms with Crippen molar-refractivity contribution in [1.82, 2.24) is 20.6 Å². The Morgan fingerprint density at radius 1 is 0.879 bits per heavy atom. The van der Waals surface area contributed by atoms with Crippen molar-refractivity contribution in [3.63, 3.8) is 0 Å². The van der Waals surface area contributed by atoms with Gasteiger partial charge in [-0.1, -0.05) is 54.6 Å². The van der Waals surface area contributed by atoms with Crippen molar-refractivity contribution in [2.24, 2.45) is 0 Å². The largest absolute Gasteiger partial charge is 0.489 e. The average molecular weight is 442 g/mol. The maximum absolute atomic E-state index is 12.8. The van der Waals surface area contributed by atoms with Crippen molar-refractivity contribution in [2.45, 2.75) is 20.1 Å². The van der Waals surface area contributed by atoms with Crippen LogP contribution in [0.5, 0.6) is 5.75 Å². The van der Waals surface area contributed by atoms with Gasteiger partial charge >= 0.3 is 0 Å². The monoisotopic (exact) mass is 442 g/mol. The molecule has 33 heavy (non-hydrogen) atoms. The summed E-state index contributed by atoms with van der Waals surface area (Å²) >= 11 is 0. The SMILES string of the molecule is CCn1nc(C(=O)NNC(=O)c2cccc(OCc3ccccc3)c2)c2ccccc2c1=O. The van der Waals surface area contributed by atoms with Crippen LogP contribution in [0, 0.1) is 0 Å². The Kier molecular flexibility index (Phi) is 6.45. The fraction of sp³-hybridized carbons (Fsp3) is 0.120. The van der Waals surface area contributed by atoms with Crippen LogP contribution in [0.3, 0.4) is 0 Å². The van der Waals surface area contributed by atoms with Gasteiger partial charge in [-0.2, -0.15) is 5.10 Å². The van der Waals surface area contributed by atoms with Gasteiger partial charge in [0.05, 0.1) is 5.39 Å². The lowest BCUT2D eigenvalue weighted by atomic mass is 10.1. The maximum atomic E-state index is 12.8. The van der Waals surface area contributed by atoms with Crippen LogP contribution in [-0.4, -0.2) is 21.6 Å². The molecule has 2 N–H and O–H groups in total. The summed E-state index contributed by atoms with van der Waals surface area (Å²) in [5, 5.41) is 4.95. The summed E-state index contributed by atoms with van der Waals surface area (Å²) in [5.41, 5.74) is 5.87. The van der Waals surface area contributed by atoms with Crippen LogP contribution in [0.2, 0.25) is 0 Å². The Balaban J connectivity index is 1.46. The van der Waals surface area contributed by atoms with Crippen LogP contribution in [0.25, 0.3) is 10.8 Å². The number of hydrogen-bond acceptors (Lipinski definition) is 5. The highest BCUT2D eigenvalue weighted by atomic mass is 16.5. The fourth-order valence-electron chi connectivity index (χ4n) is 3.33. The number of carbonyl (C=O) groups excluding carboxylic acids is 2. The molecule has 0 saturated carbocycles. The van der Waals surface area contributed by atoms with Crippen molar-refractivity contribution in [1.29, 1.82) is 0 Å². The minimum atomic E-state index is -0.627. The smallest absolute Gasteiger partial charge is 0.290 e. The van der Waals surface area contributed by atoms with Crippen molar-refractivity contribution in [2.75, 3.05) is 0 Å². The van der Waals surface area contributed by atoms with Crippen molar-refractivity contribution >= 4 is 22.6 Å². The minimum Gasteiger partial charge on any atom is -0.489 e. The topological polar surface area (TPSA) is 102 Å². The molecule has 0 aliphatic rings. The first-order valence-corrected chi connectivity index (χ1v) is 10.4. The van der Waals surface area contributed by atoms with Crippen molar-refractivity contribution < 1.29 is 14.3 Å². The highest BCUT2D eigenvalue weighted by Crippen LogP contribution is 2.16. The highest BCUT2D eigenvalue weighted by Gasteiger charge is 2.17. The Morgan fingerprint density at radius 2 is 1.58 bits per heavy atom. The predicted octanol–water partition coefficient (Wildman–Crippen LogP) is 3.07. The molecule has 8 heteroatoms. The molecule has 0 radical (unpaired) electrons. The third-order valence-electron chi connectivity index (χ3n) is 5.02. The number of aromatic nitrogens is 2. The van der Waals surface area contributed by atoms with Crippen molar-refractivity contribution in [3.8, 4) is 5.75 Å². The van der Waals surface area contributed by atoms with Gasteiger partial charge in [0.15, 0.2) is 5.69 Å². The van der Waals surface area contributed by atoms with Gasteiger partial charge in [0.25, 0.3) is 17.4 Å². The van der Waals surface area contributed by atoms with Gasteiger partial charge in [0.2, 0.25) is 0 Å². The van der Waals surface area contributed by atoms with E-state index < -0.39 is 11.8 Å². The lowest BCUT2D eigenvalue weighted by Crippen LogP contribution is -2.42. The van der Waals surface area contributed by atoms with Gasteiger partial charge in [0, 0.05) is 17.5 Å². The third kappa shape index (κ3) is 4.90. The molecule has 0 spiro atoms. The minimum absolute atomic E-state index is 0.0484.